The molecule has 0 spiro atoms. The number of alkyl halides is 3. The molecule has 1 atom stereocenters. The van der Waals surface area contributed by atoms with E-state index in [1.807, 2.05) is 30.3 Å². The molecule has 27 heavy (non-hydrogen) atoms. The van der Waals surface area contributed by atoms with Crippen molar-refractivity contribution in [2.75, 3.05) is 5.32 Å². The molecule has 0 fully saturated rings. The Morgan fingerprint density at radius 2 is 1.78 bits per heavy atom. The van der Waals surface area contributed by atoms with Gasteiger partial charge in [-0.1, -0.05) is 18.2 Å². The number of rotatable bonds is 3. The maximum atomic E-state index is 12.6. The summed E-state index contributed by atoms with van der Waals surface area (Å²) in [5.74, 6) is 0.384. The van der Waals surface area contributed by atoms with Crippen molar-refractivity contribution < 1.29 is 22.7 Å². The summed E-state index contributed by atoms with van der Waals surface area (Å²) in [4.78, 5) is 0. The first-order chi connectivity index (χ1) is 12.9. The molecule has 0 saturated carbocycles. The highest BCUT2D eigenvalue weighted by Gasteiger charge is 2.30. The van der Waals surface area contributed by atoms with Crippen LogP contribution in [0, 0.1) is 0 Å². The van der Waals surface area contributed by atoms with E-state index in [1.54, 1.807) is 0 Å². The van der Waals surface area contributed by atoms with Gasteiger partial charge in [-0.25, -0.2) is 0 Å². The predicted octanol–water partition coefficient (Wildman–Crippen LogP) is 4.13. The van der Waals surface area contributed by atoms with Crippen LogP contribution in [0.1, 0.15) is 17.0 Å². The number of benzene rings is 2. The monoisotopic (exact) mass is 373 g/mol. The van der Waals surface area contributed by atoms with Crippen molar-refractivity contribution in [2.45, 2.75) is 18.8 Å². The second-order valence-corrected chi connectivity index (χ2v) is 6.11. The number of halogens is 3. The van der Waals surface area contributed by atoms with Crippen LogP contribution in [0.5, 0.6) is 0 Å². The van der Waals surface area contributed by atoms with E-state index in [9.17, 15) is 18.3 Å². The maximum absolute atomic E-state index is 12.6. The molecule has 138 valence electrons. The number of aliphatic hydroxyl groups excluding tert-OH is 1. The second kappa shape index (κ2) is 6.55. The Morgan fingerprint density at radius 1 is 1.04 bits per heavy atom. The minimum absolute atomic E-state index is 0.123. The van der Waals surface area contributed by atoms with Gasteiger partial charge >= 0.3 is 6.18 Å². The van der Waals surface area contributed by atoms with Crippen molar-refractivity contribution in [1.82, 2.24) is 10.2 Å². The van der Waals surface area contributed by atoms with E-state index in [4.69, 9.17) is 4.42 Å². The van der Waals surface area contributed by atoms with Crippen LogP contribution in [-0.2, 0) is 12.6 Å². The molecule has 1 unspecified atom stereocenters. The number of aliphatic hydroxyl groups is 1. The fourth-order valence-corrected chi connectivity index (χ4v) is 2.84. The number of nitrogens with zero attached hydrogens (tertiary/aromatic N) is 2. The number of aromatic nitrogens is 2. The molecule has 0 bridgehead atoms. The van der Waals surface area contributed by atoms with Crippen molar-refractivity contribution in [3.05, 3.63) is 71.1 Å². The molecular weight excluding hydrogens is 359 g/mol. The van der Waals surface area contributed by atoms with Gasteiger partial charge in [-0.15, -0.1) is 10.2 Å². The van der Waals surface area contributed by atoms with E-state index < -0.39 is 18.0 Å². The highest BCUT2D eigenvalue weighted by Crippen LogP contribution is 2.31. The van der Waals surface area contributed by atoms with Crippen LogP contribution < -0.4 is 5.32 Å². The third-order valence-corrected chi connectivity index (χ3v) is 4.23. The summed E-state index contributed by atoms with van der Waals surface area (Å²) in [6, 6.07) is 12.0. The molecule has 3 aromatic rings. The van der Waals surface area contributed by atoms with Gasteiger partial charge in [0, 0.05) is 11.3 Å². The molecule has 2 aromatic carbocycles. The lowest BCUT2D eigenvalue weighted by molar-refractivity contribution is -0.137. The average Bonchev–Trinajstić information content (AvgIpc) is 3.10. The third kappa shape index (κ3) is 3.56. The highest BCUT2D eigenvalue weighted by molar-refractivity contribution is 5.72. The Morgan fingerprint density at radius 3 is 2.52 bits per heavy atom. The lowest BCUT2D eigenvalue weighted by Crippen LogP contribution is -2.25. The molecule has 5 nitrogen and oxygen atoms in total. The van der Waals surface area contributed by atoms with E-state index in [0.29, 0.717) is 11.1 Å². The largest absolute Gasteiger partial charge is 0.420 e. The quantitative estimate of drug-likeness (QED) is 0.723. The van der Waals surface area contributed by atoms with Crippen molar-refractivity contribution in [3.8, 4) is 11.5 Å². The van der Waals surface area contributed by atoms with Crippen molar-refractivity contribution in [3.63, 3.8) is 0 Å². The van der Waals surface area contributed by atoms with Gasteiger partial charge in [0.1, 0.15) is 6.23 Å². The van der Waals surface area contributed by atoms with Gasteiger partial charge in [-0.05, 0) is 47.5 Å². The molecule has 1 aliphatic rings. The van der Waals surface area contributed by atoms with Gasteiger partial charge in [0.2, 0.25) is 11.8 Å². The smallest absolute Gasteiger partial charge is 0.416 e. The summed E-state index contributed by atoms with van der Waals surface area (Å²) < 4.78 is 43.5. The zero-order valence-electron chi connectivity index (χ0n) is 13.9. The summed E-state index contributed by atoms with van der Waals surface area (Å²) in [6.45, 7) is 0. The first kappa shape index (κ1) is 17.3. The van der Waals surface area contributed by atoms with Gasteiger partial charge in [-0.2, -0.15) is 13.2 Å². The van der Waals surface area contributed by atoms with E-state index in [1.165, 1.54) is 12.1 Å². The first-order valence-corrected chi connectivity index (χ1v) is 8.14. The molecule has 2 heterocycles. The molecule has 8 heteroatoms. The topological polar surface area (TPSA) is 71.2 Å². The van der Waals surface area contributed by atoms with Crippen LogP contribution in [0.25, 0.3) is 17.5 Å². The number of para-hydroxylation sites is 1. The number of fused-ring (bicyclic) bond motifs is 1. The molecule has 0 amide bonds. The van der Waals surface area contributed by atoms with Crippen LogP contribution in [-0.4, -0.2) is 21.5 Å². The predicted molar refractivity (Wildman–Crippen MR) is 92.5 cm³/mol. The molecule has 0 radical (unpaired) electrons. The summed E-state index contributed by atoms with van der Waals surface area (Å²) >= 11 is 0. The van der Waals surface area contributed by atoms with Crippen molar-refractivity contribution >= 4 is 11.8 Å². The van der Waals surface area contributed by atoms with Crippen LogP contribution in [0.2, 0.25) is 0 Å². The van der Waals surface area contributed by atoms with Crippen LogP contribution in [0.3, 0.4) is 0 Å². The van der Waals surface area contributed by atoms with Crippen molar-refractivity contribution in [1.29, 1.82) is 0 Å². The number of hydrogen-bond acceptors (Lipinski definition) is 5. The van der Waals surface area contributed by atoms with E-state index in [0.717, 1.165) is 23.4 Å². The molecule has 0 saturated heterocycles. The van der Waals surface area contributed by atoms with Gasteiger partial charge < -0.3 is 14.8 Å². The summed E-state index contributed by atoms with van der Waals surface area (Å²) in [7, 11) is 0. The highest BCUT2D eigenvalue weighted by atomic mass is 19.4. The standard InChI is InChI=1S/C19H14F3N3O2/c20-19(21,22)14-7-5-11(6-8-14)18-25-24-16(27-18)10-13-9-12-3-1-2-4-15(12)23-17(13)26/h1-9,17,23,26H,10H2. The number of anilines is 1. The lowest BCUT2D eigenvalue weighted by Gasteiger charge is -2.23. The van der Waals surface area contributed by atoms with Crippen molar-refractivity contribution in [2.24, 2.45) is 0 Å². The maximum Gasteiger partial charge on any atom is 0.416 e. The number of nitrogens with one attached hydrogen (secondary N) is 1. The third-order valence-electron chi connectivity index (χ3n) is 4.23. The number of hydrogen-bond donors (Lipinski definition) is 2. The fourth-order valence-electron chi connectivity index (χ4n) is 2.84. The Hall–Kier alpha value is -3.13. The Kier molecular flexibility index (Phi) is 4.19. The van der Waals surface area contributed by atoms with E-state index >= 15 is 0 Å². The molecular formula is C19H14F3N3O2. The minimum Gasteiger partial charge on any atom is -0.420 e. The van der Waals surface area contributed by atoms with E-state index in [-0.39, 0.29) is 18.2 Å². The summed E-state index contributed by atoms with van der Waals surface area (Å²) in [5.41, 5.74) is 2.05. The fraction of sp³-hybridized carbons (Fsp3) is 0.158. The second-order valence-electron chi connectivity index (χ2n) is 6.11. The molecule has 1 aromatic heterocycles. The molecule has 0 aliphatic carbocycles. The van der Waals surface area contributed by atoms with Crippen LogP contribution in [0.4, 0.5) is 18.9 Å². The summed E-state index contributed by atoms with van der Waals surface area (Å²) in [5, 5.41) is 21.0. The normalized spacial score (nSPS) is 16.4. The van der Waals surface area contributed by atoms with Gasteiger partial charge in [-0.3, -0.25) is 0 Å². The van der Waals surface area contributed by atoms with Gasteiger partial charge in [0.15, 0.2) is 0 Å². The Labute approximate surface area is 152 Å². The molecule has 2 N–H and O–H groups in total. The Bertz CT molecular complexity index is 994. The zero-order valence-corrected chi connectivity index (χ0v) is 13.9. The SMILES string of the molecule is OC1Nc2ccccc2C=C1Cc1nnc(-c2ccc(C(F)(F)F)cc2)o1. The minimum atomic E-state index is -4.40. The van der Waals surface area contributed by atoms with Gasteiger partial charge in [0.05, 0.1) is 12.0 Å². The van der Waals surface area contributed by atoms with Crippen LogP contribution >= 0.6 is 0 Å². The first-order valence-electron chi connectivity index (χ1n) is 8.14. The zero-order chi connectivity index (χ0) is 19.0. The molecule has 4 rings (SSSR count). The lowest BCUT2D eigenvalue weighted by atomic mass is 10.0. The summed E-state index contributed by atoms with van der Waals surface area (Å²) in [6.07, 6.45) is -3.22. The molecule has 1 aliphatic heterocycles. The average molecular weight is 373 g/mol. The van der Waals surface area contributed by atoms with E-state index in [2.05, 4.69) is 15.5 Å². The van der Waals surface area contributed by atoms with Crippen LogP contribution in [0.15, 0.2) is 58.5 Å². The Balaban J connectivity index is 1.54. The van der Waals surface area contributed by atoms with Gasteiger partial charge in [0.25, 0.3) is 0 Å².